The van der Waals surface area contributed by atoms with Crippen LogP contribution in [0.4, 0.5) is 5.69 Å². The lowest BCUT2D eigenvalue weighted by Gasteiger charge is -2.14. The molecule has 0 spiro atoms. The molecule has 186 valence electrons. The summed E-state index contributed by atoms with van der Waals surface area (Å²) in [5.41, 5.74) is 0.187. The van der Waals surface area contributed by atoms with Gasteiger partial charge in [-0.15, -0.1) is 16.4 Å². The minimum absolute atomic E-state index is 0.0394. The van der Waals surface area contributed by atoms with Crippen molar-refractivity contribution in [2.75, 3.05) is 25.6 Å². The van der Waals surface area contributed by atoms with Gasteiger partial charge in [0.05, 0.1) is 27.9 Å². The van der Waals surface area contributed by atoms with Crippen LogP contribution in [0.1, 0.15) is 20.8 Å². The van der Waals surface area contributed by atoms with Gasteiger partial charge < -0.3 is 20.1 Å². The topological polar surface area (TPSA) is 107 Å². The molecule has 9 nitrogen and oxygen atoms in total. The molecule has 13 heteroatoms. The summed E-state index contributed by atoms with van der Waals surface area (Å²) >= 11 is 20.3. The summed E-state index contributed by atoms with van der Waals surface area (Å²) in [6.45, 7) is 0.555. The van der Waals surface area contributed by atoms with Gasteiger partial charge in [0.15, 0.2) is 5.82 Å². The van der Waals surface area contributed by atoms with Crippen LogP contribution in [-0.2, 0) is 4.74 Å². The van der Waals surface area contributed by atoms with Gasteiger partial charge in [-0.3, -0.25) is 9.59 Å². The molecule has 1 aromatic carbocycles. The van der Waals surface area contributed by atoms with Crippen molar-refractivity contribution in [1.82, 2.24) is 20.1 Å². The van der Waals surface area contributed by atoms with Crippen LogP contribution in [0.15, 0.2) is 53.4 Å². The highest BCUT2D eigenvalue weighted by Gasteiger charge is 2.24. The van der Waals surface area contributed by atoms with Crippen molar-refractivity contribution in [2.24, 2.45) is 0 Å². The minimum Gasteiger partial charge on any atom is -0.437 e. The molecule has 0 fully saturated rings. The molecule has 4 aromatic rings. The number of thiophene rings is 1. The molecule has 3 aromatic heterocycles. The molecular weight excluding hydrogens is 549 g/mol. The molecule has 0 aliphatic heterocycles. The van der Waals surface area contributed by atoms with Crippen LogP contribution in [0.25, 0.3) is 5.82 Å². The maximum Gasteiger partial charge on any atom is 0.274 e. The van der Waals surface area contributed by atoms with Gasteiger partial charge in [0.2, 0.25) is 5.88 Å². The van der Waals surface area contributed by atoms with E-state index >= 15 is 0 Å². The predicted octanol–water partition coefficient (Wildman–Crippen LogP) is 5.71. The van der Waals surface area contributed by atoms with Crippen LogP contribution in [0, 0.1) is 0 Å². The first kappa shape index (κ1) is 25.9. The number of ether oxygens (including phenoxy) is 2. The second-order valence-corrected chi connectivity index (χ2v) is 9.19. The number of carbonyl (C=O) groups excluding carboxylic acids is 2. The summed E-state index contributed by atoms with van der Waals surface area (Å²) < 4.78 is 12.0. The largest absolute Gasteiger partial charge is 0.437 e. The Morgan fingerprint density at radius 2 is 1.94 bits per heavy atom. The summed E-state index contributed by atoms with van der Waals surface area (Å²) in [4.78, 5) is 30.5. The maximum absolute atomic E-state index is 13.5. The number of benzene rings is 1. The molecule has 0 aliphatic rings. The lowest BCUT2D eigenvalue weighted by Crippen LogP contribution is -2.28. The van der Waals surface area contributed by atoms with E-state index in [9.17, 15) is 9.59 Å². The Balaban J connectivity index is 1.71. The van der Waals surface area contributed by atoms with E-state index in [0.29, 0.717) is 12.4 Å². The van der Waals surface area contributed by atoms with E-state index in [-0.39, 0.29) is 50.3 Å². The van der Waals surface area contributed by atoms with Crippen LogP contribution in [0.3, 0.4) is 0 Å². The average molecular weight is 567 g/mol. The van der Waals surface area contributed by atoms with E-state index in [1.165, 1.54) is 47.5 Å². The van der Waals surface area contributed by atoms with Crippen molar-refractivity contribution in [3.8, 4) is 17.4 Å². The molecule has 0 aliphatic carbocycles. The van der Waals surface area contributed by atoms with E-state index in [4.69, 9.17) is 44.3 Å². The van der Waals surface area contributed by atoms with Crippen molar-refractivity contribution >= 4 is 63.6 Å². The zero-order valence-electron chi connectivity index (χ0n) is 18.6. The fourth-order valence-electron chi connectivity index (χ4n) is 3.12. The summed E-state index contributed by atoms with van der Waals surface area (Å²) in [6, 6.07) is 9.29. The predicted molar refractivity (Wildman–Crippen MR) is 139 cm³/mol. The number of nitrogens with one attached hydrogen (secondary N) is 2. The van der Waals surface area contributed by atoms with Crippen LogP contribution < -0.4 is 15.4 Å². The van der Waals surface area contributed by atoms with E-state index in [1.54, 1.807) is 23.6 Å². The van der Waals surface area contributed by atoms with Gasteiger partial charge in [-0.05, 0) is 35.7 Å². The first-order chi connectivity index (χ1) is 17.4. The van der Waals surface area contributed by atoms with Crippen molar-refractivity contribution < 1.29 is 19.1 Å². The number of nitrogens with zero attached hydrogens (tertiary/aromatic N) is 3. The van der Waals surface area contributed by atoms with E-state index in [2.05, 4.69) is 20.7 Å². The fourth-order valence-corrected chi connectivity index (χ4v) is 4.41. The van der Waals surface area contributed by atoms with Crippen molar-refractivity contribution in [3.63, 3.8) is 0 Å². The number of anilines is 1. The Kier molecular flexibility index (Phi) is 8.44. The molecule has 2 amide bonds. The molecule has 0 unspecified atom stereocenters. The Hall–Kier alpha value is -3.15. The number of hydrogen-bond acceptors (Lipinski definition) is 7. The van der Waals surface area contributed by atoms with Gasteiger partial charge in [0, 0.05) is 36.3 Å². The maximum atomic E-state index is 13.5. The van der Waals surface area contributed by atoms with Gasteiger partial charge in [0.25, 0.3) is 11.8 Å². The third-order valence-electron chi connectivity index (χ3n) is 4.71. The monoisotopic (exact) mass is 565 g/mol. The Labute approximate surface area is 224 Å². The lowest BCUT2D eigenvalue weighted by molar-refractivity contribution is 0.0938. The molecule has 36 heavy (non-hydrogen) atoms. The van der Waals surface area contributed by atoms with Gasteiger partial charge in [-0.1, -0.05) is 34.8 Å². The molecule has 0 radical (unpaired) electrons. The number of rotatable bonds is 9. The van der Waals surface area contributed by atoms with E-state index in [1.807, 2.05) is 5.38 Å². The highest BCUT2D eigenvalue weighted by atomic mass is 35.5. The summed E-state index contributed by atoms with van der Waals surface area (Å²) in [6.07, 6.45) is 1.52. The Morgan fingerprint density at radius 3 is 2.67 bits per heavy atom. The number of methoxy groups -OCH3 is 1. The summed E-state index contributed by atoms with van der Waals surface area (Å²) in [5, 5.41) is 13.9. The molecule has 0 bridgehead atoms. The summed E-state index contributed by atoms with van der Waals surface area (Å²) in [5.74, 6) is -0.224. The Bertz CT molecular complexity index is 1390. The molecule has 2 N–H and O–H groups in total. The molecule has 0 saturated heterocycles. The number of halogens is 3. The van der Waals surface area contributed by atoms with Crippen molar-refractivity contribution in [3.05, 3.63) is 79.7 Å². The number of carbonyl (C=O) groups is 2. The SMILES string of the molecule is COCCNC(=O)c1cc(Cl)cc(Cl)c1NC(=O)c1cc(Oc2ccsc2)nn1-c1ncccc1Cl. The van der Waals surface area contributed by atoms with Gasteiger partial charge in [-0.25, -0.2) is 9.67 Å². The van der Waals surface area contributed by atoms with Crippen LogP contribution in [0.2, 0.25) is 15.1 Å². The molecular formula is C23H18Cl3N5O4S. The van der Waals surface area contributed by atoms with Crippen molar-refractivity contribution in [1.29, 1.82) is 0 Å². The molecule has 0 saturated carbocycles. The number of amides is 2. The zero-order chi connectivity index (χ0) is 25.7. The molecule has 3 heterocycles. The number of aromatic nitrogens is 3. The number of hydrogen-bond donors (Lipinski definition) is 2. The third-order valence-corrected chi connectivity index (χ3v) is 6.18. The first-order valence-corrected chi connectivity index (χ1v) is 12.4. The molecule has 0 atom stereocenters. The zero-order valence-corrected chi connectivity index (χ0v) is 21.7. The minimum atomic E-state index is -0.639. The van der Waals surface area contributed by atoms with Gasteiger partial charge >= 0.3 is 0 Å². The van der Waals surface area contributed by atoms with Crippen molar-refractivity contribution in [2.45, 2.75) is 0 Å². The van der Waals surface area contributed by atoms with E-state index < -0.39 is 11.8 Å². The van der Waals surface area contributed by atoms with E-state index in [0.717, 1.165) is 0 Å². The fraction of sp³-hybridized carbons (Fsp3) is 0.130. The smallest absolute Gasteiger partial charge is 0.274 e. The highest BCUT2D eigenvalue weighted by molar-refractivity contribution is 7.08. The van der Waals surface area contributed by atoms with Crippen LogP contribution >= 0.6 is 46.1 Å². The van der Waals surface area contributed by atoms with Crippen LogP contribution in [-0.4, -0.2) is 46.8 Å². The van der Waals surface area contributed by atoms with Gasteiger partial charge in [-0.2, -0.15) is 0 Å². The second-order valence-electron chi connectivity index (χ2n) is 7.16. The standard InChI is InChI=1S/C23H18Cl3N5O4S/c1-34-7-6-28-22(32)15-9-13(24)10-17(26)20(15)29-23(33)18-11-19(35-14-4-8-36-12-14)30-31(18)21-16(25)3-2-5-27-21/h2-5,8-12H,6-7H2,1H3,(H,28,32)(H,29,33). The number of pyridine rings is 1. The van der Waals surface area contributed by atoms with Crippen LogP contribution in [0.5, 0.6) is 11.6 Å². The summed E-state index contributed by atoms with van der Waals surface area (Å²) in [7, 11) is 1.52. The highest BCUT2D eigenvalue weighted by Crippen LogP contribution is 2.32. The first-order valence-electron chi connectivity index (χ1n) is 10.4. The average Bonchev–Trinajstić information content (AvgIpc) is 3.51. The second kappa shape index (κ2) is 11.7. The quantitative estimate of drug-likeness (QED) is 0.251. The molecule has 4 rings (SSSR count). The third kappa shape index (κ3) is 5.97. The Morgan fingerprint density at radius 1 is 1.11 bits per heavy atom. The van der Waals surface area contributed by atoms with Gasteiger partial charge in [0.1, 0.15) is 11.4 Å². The normalized spacial score (nSPS) is 10.8. The lowest BCUT2D eigenvalue weighted by atomic mass is 10.1.